The predicted octanol–water partition coefficient (Wildman–Crippen LogP) is 6.95. The van der Waals surface area contributed by atoms with E-state index in [0.29, 0.717) is 13.0 Å². The summed E-state index contributed by atoms with van der Waals surface area (Å²) in [5.74, 6) is 1.58. The van der Waals surface area contributed by atoms with Gasteiger partial charge in [0.05, 0.1) is 13.2 Å². The topological polar surface area (TPSA) is 61.5 Å². The van der Waals surface area contributed by atoms with Crippen molar-refractivity contribution < 1.29 is 14.3 Å². The molecule has 0 spiro atoms. The molecule has 4 nitrogen and oxygen atoms in total. The average molecular weight is 454 g/mol. The molecule has 1 amide bonds. The third-order valence-electron chi connectivity index (χ3n) is 6.54. The van der Waals surface area contributed by atoms with Crippen LogP contribution in [-0.4, -0.2) is 19.1 Å². The number of primary amides is 1. The van der Waals surface area contributed by atoms with Crippen LogP contribution in [0.15, 0.2) is 42.5 Å². The van der Waals surface area contributed by atoms with E-state index in [4.69, 9.17) is 15.2 Å². The Morgan fingerprint density at radius 1 is 0.879 bits per heavy atom. The van der Waals surface area contributed by atoms with Crippen LogP contribution in [0.25, 0.3) is 0 Å². The van der Waals surface area contributed by atoms with Crippen molar-refractivity contribution in [3.8, 4) is 11.5 Å². The molecule has 182 valence electrons. The van der Waals surface area contributed by atoms with Crippen LogP contribution in [0.3, 0.4) is 0 Å². The first-order valence-electron chi connectivity index (χ1n) is 12.4. The van der Waals surface area contributed by atoms with Gasteiger partial charge in [-0.1, -0.05) is 58.9 Å². The van der Waals surface area contributed by atoms with E-state index in [1.54, 1.807) is 0 Å². The number of ether oxygens (including phenoxy) is 2. The summed E-state index contributed by atoms with van der Waals surface area (Å²) in [6.45, 7) is 14.7. The minimum atomic E-state index is -0.255. The van der Waals surface area contributed by atoms with Gasteiger partial charge in [-0.15, -0.1) is 0 Å². The molecule has 2 rings (SSSR count). The quantitative estimate of drug-likeness (QED) is 0.334. The number of amides is 1. The summed E-state index contributed by atoms with van der Waals surface area (Å²) < 4.78 is 12.0. The maximum Gasteiger partial charge on any atom is 0.217 e. The van der Waals surface area contributed by atoms with Crippen molar-refractivity contribution in [1.82, 2.24) is 0 Å². The molecule has 2 aromatic rings. The minimum Gasteiger partial charge on any atom is -0.494 e. The maximum atomic E-state index is 10.8. The molecule has 0 aliphatic heterocycles. The lowest BCUT2D eigenvalue weighted by molar-refractivity contribution is -0.118. The molecule has 0 aliphatic rings. The highest BCUT2D eigenvalue weighted by Crippen LogP contribution is 2.40. The van der Waals surface area contributed by atoms with Crippen LogP contribution < -0.4 is 15.2 Å². The monoisotopic (exact) mass is 453 g/mol. The third kappa shape index (κ3) is 7.80. The molecule has 0 aromatic heterocycles. The first kappa shape index (κ1) is 26.8. The van der Waals surface area contributed by atoms with Crippen molar-refractivity contribution in [2.45, 2.75) is 85.5 Å². The normalized spacial score (nSPS) is 11.9. The van der Waals surface area contributed by atoms with Gasteiger partial charge in [-0.05, 0) is 79.3 Å². The summed E-state index contributed by atoms with van der Waals surface area (Å²) in [5.41, 5.74) is 9.22. The number of carbonyl (C=O) groups excluding carboxylic acids is 1. The fourth-order valence-corrected chi connectivity index (χ4v) is 4.27. The van der Waals surface area contributed by atoms with Crippen molar-refractivity contribution in [3.63, 3.8) is 0 Å². The summed E-state index contributed by atoms with van der Waals surface area (Å²) in [5, 5.41) is 0. The molecule has 0 fully saturated rings. The molecule has 0 radical (unpaired) electrons. The number of hydrogen-bond donors (Lipinski definition) is 1. The third-order valence-corrected chi connectivity index (χ3v) is 6.54. The Morgan fingerprint density at radius 2 is 1.52 bits per heavy atom. The van der Waals surface area contributed by atoms with Gasteiger partial charge in [0.15, 0.2) is 0 Å². The van der Waals surface area contributed by atoms with Gasteiger partial charge in [-0.2, -0.15) is 0 Å². The number of carbonyl (C=O) groups is 1. The second-order valence-electron chi connectivity index (χ2n) is 10.2. The molecule has 0 heterocycles. The Morgan fingerprint density at radius 3 is 2.06 bits per heavy atom. The van der Waals surface area contributed by atoms with Crippen LogP contribution in [0.5, 0.6) is 11.5 Å². The van der Waals surface area contributed by atoms with Gasteiger partial charge in [0, 0.05) is 11.8 Å². The van der Waals surface area contributed by atoms with Crippen molar-refractivity contribution in [2.75, 3.05) is 13.2 Å². The zero-order valence-electron chi connectivity index (χ0n) is 21.5. The molecule has 0 unspecified atom stereocenters. The van der Waals surface area contributed by atoms with Gasteiger partial charge in [0.2, 0.25) is 5.91 Å². The molecule has 0 saturated carbocycles. The molecule has 2 aromatic carbocycles. The van der Waals surface area contributed by atoms with E-state index in [2.05, 4.69) is 84.0 Å². The molecule has 0 atom stereocenters. The van der Waals surface area contributed by atoms with Crippen molar-refractivity contribution >= 4 is 5.91 Å². The average Bonchev–Trinajstić information content (AvgIpc) is 2.76. The summed E-state index contributed by atoms with van der Waals surface area (Å²) >= 11 is 0. The molecule has 33 heavy (non-hydrogen) atoms. The summed E-state index contributed by atoms with van der Waals surface area (Å²) in [6, 6.07) is 15.2. The number of hydrogen-bond acceptors (Lipinski definition) is 3. The zero-order chi connectivity index (χ0) is 24.5. The van der Waals surface area contributed by atoms with E-state index in [1.807, 2.05) is 0 Å². The van der Waals surface area contributed by atoms with E-state index in [-0.39, 0.29) is 16.7 Å². The predicted molar refractivity (Wildman–Crippen MR) is 137 cm³/mol. The number of unbranched alkanes of at least 4 members (excludes halogenated alkanes) is 1. The lowest BCUT2D eigenvalue weighted by Gasteiger charge is -2.34. The van der Waals surface area contributed by atoms with E-state index in [0.717, 1.165) is 50.2 Å². The van der Waals surface area contributed by atoms with Crippen molar-refractivity contribution in [1.29, 1.82) is 0 Å². The Labute approximate surface area is 200 Å². The highest BCUT2D eigenvalue weighted by Gasteiger charge is 2.31. The smallest absolute Gasteiger partial charge is 0.217 e. The number of benzene rings is 2. The van der Waals surface area contributed by atoms with Gasteiger partial charge in [0.1, 0.15) is 11.5 Å². The second kappa shape index (κ2) is 12.1. The largest absolute Gasteiger partial charge is 0.494 e. The molecule has 2 N–H and O–H groups in total. The molecule has 0 aliphatic carbocycles. The summed E-state index contributed by atoms with van der Waals surface area (Å²) in [4.78, 5) is 10.8. The van der Waals surface area contributed by atoms with E-state index in [1.165, 1.54) is 16.7 Å². The van der Waals surface area contributed by atoms with Gasteiger partial charge in [0.25, 0.3) is 0 Å². The minimum absolute atomic E-state index is 0.0469. The van der Waals surface area contributed by atoms with Crippen molar-refractivity contribution in [2.24, 2.45) is 11.1 Å². The standard InChI is InChI=1S/C29H43NO3/c1-7-29(8-2,23-12-15-25(16-13-23)32-19-10-9-11-27(30)31)24-14-17-26(22(3)21-24)33-20-18-28(4,5)6/h12-17,21H,7-11,18-20H2,1-6H3,(H2,30,31). The Kier molecular flexibility index (Phi) is 9.82. The van der Waals surface area contributed by atoms with Crippen LogP contribution >= 0.6 is 0 Å². The van der Waals surface area contributed by atoms with E-state index < -0.39 is 0 Å². The fraction of sp³-hybridized carbons (Fsp3) is 0.552. The van der Waals surface area contributed by atoms with Gasteiger partial charge >= 0.3 is 0 Å². The lowest BCUT2D eigenvalue weighted by Crippen LogP contribution is -2.26. The fourth-order valence-electron chi connectivity index (χ4n) is 4.27. The molecule has 4 heteroatoms. The first-order chi connectivity index (χ1) is 15.6. The van der Waals surface area contributed by atoms with Crippen LogP contribution in [0.1, 0.15) is 89.8 Å². The highest BCUT2D eigenvalue weighted by molar-refractivity contribution is 5.73. The Bertz CT molecular complexity index is 877. The van der Waals surface area contributed by atoms with E-state index >= 15 is 0 Å². The van der Waals surface area contributed by atoms with Crippen LogP contribution in [0.4, 0.5) is 0 Å². The zero-order valence-corrected chi connectivity index (χ0v) is 21.5. The number of rotatable bonds is 13. The van der Waals surface area contributed by atoms with Crippen LogP contribution in [0.2, 0.25) is 0 Å². The molecular weight excluding hydrogens is 410 g/mol. The SMILES string of the molecule is CCC(CC)(c1ccc(OCCCCC(N)=O)cc1)c1ccc(OCCC(C)(C)C)c(C)c1. The number of nitrogens with two attached hydrogens (primary N) is 1. The van der Waals surface area contributed by atoms with Crippen molar-refractivity contribution in [3.05, 3.63) is 59.2 Å². The van der Waals surface area contributed by atoms with Crippen LogP contribution in [0, 0.1) is 12.3 Å². The van der Waals surface area contributed by atoms with Gasteiger partial charge < -0.3 is 15.2 Å². The van der Waals surface area contributed by atoms with Gasteiger partial charge in [-0.25, -0.2) is 0 Å². The summed E-state index contributed by atoms with van der Waals surface area (Å²) in [6.07, 6.45) is 5.06. The number of aryl methyl sites for hydroxylation is 1. The molecule has 0 bridgehead atoms. The Balaban J connectivity index is 2.12. The van der Waals surface area contributed by atoms with E-state index in [9.17, 15) is 4.79 Å². The first-order valence-corrected chi connectivity index (χ1v) is 12.4. The van der Waals surface area contributed by atoms with Crippen LogP contribution in [-0.2, 0) is 10.2 Å². The summed E-state index contributed by atoms with van der Waals surface area (Å²) in [7, 11) is 0. The molecular formula is C29H43NO3. The Hall–Kier alpha value is -2.49. The lowest BCUT2D eigenvalue weighted by atomic mass is 9.70. The molecule has 0 saturated heterocycles. The van der Waals surface area contributed by atoms with Gasteiger partial charge in [-0.3, -0.25) is 4.79 Å². The maximum absolute atomic E-state index is 10.8. The highest BCUT2D eigenvalue weighted by atomic mass is 16.5. The second-order valence-corrected chi connectivity index (χ2v) is 10.2.